The van der Waals surface area contributed by atoms with E-state index in [-0.39, 0.29) is 22.2 Å². The molecule has 9 heteroatoms. The van der Waals surface area contributed by atoms with Crippen molar-refractivity contribution in [2.45, 2.75) is 26.2 Å². The molecule has 0 unspecified atom stereocenters. The number of hydrogen-bond acceptors (Lipinski definition) is 5. The Morgan fingerprint density at radius 3 is 2.52 bits per heavy atom. The highest BCUT2D eigenvalue weighted by molar-refractivity contribution is 5.92. The van der Waals surface area contributed by atoms with Gasteiger partial charge in [0.25, 0.3) is 5.56 Å². The Bertz CT molecular complexity index is 1400. The third-order valence-electron chi connectivity index (χ3n) is 5.02. The average Bonchev–Trinajstić information content (AvgIpc) is 3.09. The minimum Gasteiger partial charge on any atom is -0.477 e. The number of nitrogens with zero attached hydrogens (tertiary/aromatic N) is 4. The van der Waals surface area contributed by atoms with Gasteiger partial charge in [-0.2, -0.15) is 9.78 Å². The van der Waals surface area contributed by atoms with Crippen LogP contribution < -0.4 is 11.3 Å². The third kappa shape index (κ3) is 3.54. The minimum atomic E-state index is -1.20. The first-order valence-corrected chi connectivity index (χ1v) is 9.47. The molecule has 0 atom stereocenters. The van der Waals surface area contributed by atoms with Gasteiger partial charge in [0, 0.05) is 11.6 Å². The summed E-state index contributed by atoms with van der Waals surface area (Å²) in [6.07, 6.45) is 2.73. The van der Waals surface area contributed by atoms with Gasteiger partial charge in [-0.25, -0.2) is 13.9 Å². The van der Waals surface area contributed by atoms with Gasteiger partial charge >= 0.3 is 5.97 Å². The average molecular weight is 421 g/mol. The van der Waals surface area contributed by atoms with E-state index in [1.807, 2.05) is 20.8 Å². The molecule has 0 aliphatic heterocycles. The summed E-state index contributed by atoms with van der Waals surface area (Å²) < 4.78 is 17.3. The highest BCUT2D eigenvalue weighted by atomic mass is 19.1. The molecule has 0 aliphatic rings. The maximum absolute atomic E-state index is 14.9. The molecule has 0 aliphatic carbocycles. The molecule has 0 fully saturated rings. The summed E-state index contributed by atoms with van der Waals surface area (Å²) in [7, 11) is 0. The number of nitrogens with two attached hydrogens (primary N) is 1. The summed E-state index contributed by atoms with van der Waals surface area (Å²) in [5.74, 6) is -1.93. The molecule has 2 aromatic carbocycles. The molecule has 0 bridgehead atoms. The van der Waals surface area contributed by atoms with E-state index < -0.39 is 17.3 Å². The highest BCUT2D eigenvalue weighted by Crippen LogP contribution is 2.27. The summed E-state index contributed by atoms with van der Waals surface area (Å²) in [6, 6.07) is 9.69. The van der Waals surface area contributed by atoms with E-state index in [1.54, 1.807) is 30.3 Å². The number of carboxylic acid groups (broad SMARTS) is 1. The standard InChI is InChI=1S/C22H20FN5O3/c1-22(2,3)13-7-12-10-25-28(20(29)18(12)17(23)8-13)15-6-4-5-14(9-15)27-11-16(21(30)31)19(24)26-27/h4-11H,1-3H3,(H2,24,26)(H,30,31). The van der Waals surface area contributed by atoms with E-state index in [4.69, 9.17) is 10.8 Å². The SMILES string of the molecule is CC(C)(C)c1cc(F)c2c(=O)n(-c3cccc(-n4cc(C(=O)O)c(N)n4)c3)ncc2c1. The Hall–Kier alpha value is -4.01. The van der Waals surface area contributed by atoms with Gasteiger partial charge in [-0.05, 0) is 41.3 Å². The zero-order chi connectivity index (χ0) is 22.5. The number of benzene rings is 2. The third-order valence-corrected chi connectivity index (χ3v) is 5.02. The normalized spacial score (nSPS) is 11.7. The fourth-order valence-electron chi connectivity index (χ4n) is 3.30. The first-order chi connectivity index (χ1) is 14.6. The van der Waals surface area contributed by atoms with Crippen molar-refractivity contribution >= 4 is 22.6 Å². The number of carbonyl (C=O) groups is 1. The Morgan fingerprint density at radius 1 is 1.16 bits per heavy atom. The Labute approximate surface area is 176 Å². The molecular formula is C22H20FN5O3. The molecule has 0 saturated heterocycles. The molecule has 2 aromatic heterocycles. The summed E-state index contributed by atoms with van der Waals surface area (Å²) in [6.45, 7) is 5.89. The van der Waals surface area contributed by atoms with Gasteiger partial charge in [-0.15, -0.1) is 5.10 Å². The molecule has 2 heterocycles. The Kier molecular flexibility index (Phi) is 4.61. The fourth-order valence-corrected chi connectivity index (χ4v) is 3.30. The van der Waals surface area contributed by atoms with Gasteiger partial charge in [0.2, 0.25) is 0 Å². The number of hydrogen-bond donors (Lipinski definition) is 2. The van der Waals surface area contributed by atoms with Crippen LogP contribution >= 0.6 is 0 Å². The number of nitrogen functional groups attached to an aromatic ring is 1. The molecule has 0 saturated carbocycles. The first kappa shape index (κ1) is 20.3. The number of anilines is 1. The van der Waals surface area contributed by atoms with E-state index >= 15 is 0 Å². The van der Waals surface area contributed by atoms with Crippen molar-refractivity contribution in [2.75, 3.05) is 5.73 Å². The van der Waals surface area contributed by atoms with Crippen LogP contribution in [0.25, 0.3) is 22.1 Å². The summed E-state index contributed by atoms with van der Waals surface area (Å²) >= 11 is 0. The predicted octanol–water partition coefficient (Wildman–Crippen LogP) is 3.29. The maximum Gasteiger partial charge on any atom is 0.341 e. The molecule has 4 rings (SSSR count). The number of halogens is 1. The number of aromatic carboxylic acids is 1. The number of rotatable bonds is 3. The second-order valence-corrected chi connectivity index (χ2v) is 8.23. The molecule has 3 N–H and O–H groups in total. The molecular weight excluding hydrogens is 401 g/mol. The molecule has 8 nitrogen and oxygen atoms in total. The highest BCUT2D eigenvalue weighted by Gasteiger charge is 2.19. The van der Waals surface area contributed by atoms with E-state index in [1.165, 1.54) is 23.1 Å². The predicted molar refractivity (Wildman–Crippen MR) is 114 cm³/mol. The van der Waals surface area contributed by atoms with Crippen molar-refractivity contribution in [3.63, 3.8) is 0 Å². The smallest absolute Gasteiger partial charge is 0.341 e. The molecule has 31 heavy (non-hydrogen) atoms. The molecule has 4 aromatic rings. The van der Waals surface area contributed by atoms with Crippen molar-refractivity contribution < 1.29 is 14.3 Å². The van der Waals surface area contributed by atoms with Crippen LogP contribution in [0.4, 0.5) is 10.2 Å². The van der Waals surface area contributed by atoms with Gasteiger partial charge < -0.3 is 10.8 Å². The van der Waals surface area contributed by atoms with Crippen molar-refractivity contribution in [2.24, 2.45) is 0 Å². The van der Waals surface area contributed by atoms with Gasteiger partial charge in [0.1, 0.15) is 11.4 Å². The monoisotopic (exact) mass is 421 g/mol. The lowest BCUT2D eigenvalue weighted by Gasteiger charge is -2.19. The van der Waals surface area contributed by atoms with Gasteiger partial charge in [-0.3, -0.25) is 4.79 Å². The molecule has 0 amide bonds. The largest absolute Gasteiger partial charge is 0.477 e. The van der Waals surface area contributed by atoms with Crippen molar-refractivity contribution in [3.8, 4) is 11.4 Å². The lowest BCUT2D eigenvalue weighted by atomic mass is 9.86. The quantitative estimate of drug-likeness (QED) is 0.524. The number of fused-ring (bicyclic) bond motifs is 1. The summed E-state index contributed by atoms with van der Waals surface area (Å²) in [5.41, 5.74) is 6.24. The van der Waals surface area contributed by atoms with E-state index in [0.717, 1.165) is 10.2 Å². The minimum absolute atomic E-state index is 0.0510. The van der Waals surface area contributed by atoms with Gasteiger partial charge in [0.05, 0.1) is 23.0 Å². The van der Waals surface area contributed by atoms with Gasteiger partial charge in [-0.1, -0.05) is 26.8 Å². The Balaban J connectivity index is 1.85. The zero-order valence-electron chi connectivity index (χ0n) is 17.1. The van der Waals surface area contributed by atoms with Crippen molar-refractivity contribution in [1.29, 1.82) is 0 Å². The Morgan fingerprint density at radius 2 is 1.87 bits per heavy atom. The van der Waals surface area contributed by atoms with Crippen LogP contribution in [0.1, 0.15) is 36.7 Å². The zero-order valence-corrected chi connectivity index (χ0v) is 17.1. The summed E-state index contributed by atoms with van der Waals surface area (Å²) in [5, 5.41) is 17.8. The van der Waals surface area contributed by atoms with Gasteiger partial charge in [0.15, 0.2) is 5.82 Å². The molecule has 158 valence electrons. The lowest BCUT2D eigenvalue weighted by Crippen LogP contribution is -2.22. The van der Waals surface area contributed by atoms with Crippen LogP contribution in [-0.2, 0) is 5.41 Å². The van der Waals surface area contributed by atoms with Crippen molar-refractivity contribution in [3.05, 3.63) is 76.1 Å². The van der Waals surface area contributed by atoms with Crippen LogP contribution in [-0.4, -0.2) is 30.6 Å². The van der Waals surface area contributed by atoms with Crippen molar-refractivity contribution in [1.82, 2.24) is 19.6 Å². The molecule has 0 spiro atoms. The van der Waals surface area contributed by atoms with E-state index in [9.17, 15) is 14.0 Å². The second-order valence-electron chi connectivity index (χ2n) is 8.23. The fraction of sp³-hybridized carbons (Fsp3) is 0.182. The van der Waals surface area contributed by atoms with E-state index in [2.05, 4.69) is 10.2 Å². The van der Waals surface area contributed by atoms with E-state index in [0.29, 0.717) is 16.8 Å². The lowest BCUT2D eigenvalue weighted by molar-refractivity contribution is 0.0698. The number of carboxylic acids is 1. The van der Waals surface area contributed by atoms with Crippen LogP contribution in [0.3, 0.4) is 0 Å². The maximum atomic E-state index is 14.9. The second kappa shape index (κ2) is 7.05. The molecule has 0 radical (unpaired) electrons. The van der Waals surface area contributed by atoms with Crippen LogP contribution in [0.2, 0.25) is 0 Å². The topological polar surface area (TPSA) is 116 Å². The van der Waals surface area contributed by atoms with Crippen LogP contribution in [0.5, 0.6) is 0 Å². The van der Waals surface area contributed by atoms with Crippen LogP contribution in [0, 0.1) is 5.82 Å². The number of aromatic nitrogens is 4. The van der Waals surface area contributed by atoms with Crippen LogP contribution in [0.15, 0.2) is 53.6 Å². The summed E-state index contributed by atoms with van der Waals surface area (Å²) in [4.78, 5) is 24.3. The first-order valence-electron chi connectivity index (χ1n) is 9.47.